The van der Waals surface area contributed by atoms with Crippen molar-refractivity contribution in [3.05, 3.63) is 46.6 Å². The van der Waals surface area contributed by atoms with Crippen LogP contribution in [0.1, 0.15) is 30.9 Å². The molecule has 0 saturated carbocycles. The van der Waals surface area contributed by atoms with Crippen LogP contribution in [-0.2, 0) is 10.0 Å². The normalized spacial score (nSPS) is 11.3. The van der Waals surface area contributed by atoms with Gasteiger partial charge in [0.25, 0.3) is 0 Å². The minimum absolute atomic E-state index is 0.101. The first-order valence-corrected chi connectivity index (χ1v) is 9.84. The largest absolute Gasteiger partial charge is 0.353 e. The summed E-state index contributed by atoms with van der Waals surface area (Å²) < 4.78 is 26.2. The van der Waals surface area contributed by atoms with Crippen molar-refractivity contribution in [3.63, 3.8) is 0 Å². The van der Waals surface area contributed by atoms with Crippen LogP contribution in [-0.4, -0.2) is 19.2 Å². The summed E-state index contributed by atoms with van der Waals surface area (Å²) in [7, 11) is -3.34. The summed E-state index contributed by atoms with van der Waals surface area (Å²) >= 11 is 6.28. The first kappa shape index (κ1) is 18.5. The van der Waals surface area contributed by atoms with Gasteiger partial charge in [-0.3, -0.25) is 4.72 Å². The highest BCUT2D eigenvalue weighted by Gasteiger charge is 2.11. The predicted molar refractivity (Wildman–Crippen MR) is 101 cm³/mol. The average molecular weight is 368 g/mol. The van der Waals surface area contributed by atoms with E-state index in [2.05, 4.69) is 15.0 Å². The molecule has 24 heavy (non-hydrogen) atoms. The highest BCUT2D eigenvalue weighted by molar-refractivity contribution is 7.92. The molecular weight excluding hydrogens is 346 g/mol. The number of benzene rings is 1. The Morgan fingerprint density at radius 1 is 1.21 bits per heavy atom. The first-order chi connectivity index (χ1) is 11.3. The SMILES string of the molecule is CCCCS(=O)(=O)Nc1ccc(Nc2c(C)cc(C)cc2Cl)cn1. The van der Waals surface area contributed by atoms with Gasteiger partial charge in [0, 0.05) is 0 Å². The van der Waals surface area contributed by atoms with Gasteiger partial charge in [-0.25, -0.2) is 13.4 Å². The van der Waals surface area contributed by atoms with Crippen LogP contribution < -0.4 is 10.0 Å². The molecule has 0 bridgehead atoms. The molecule has 0 saturated heterocycles. The Morgan fingerprint density at radius 3 is 2.54 bits per heavy atom. The van der Waals surface area contributed by atoms with Crippen molar-refractivity contribution in [2.45, 2.75) is 33.6 Å². The number of pyridine rings is 1. The van der Waals surface area contributed by atoms with E-state index in [1.54, 1.807) is 18.3 Å². The van der Waals surface area contributed by atoms with E-state index in [0.29, 0.717) is 17.3 Å². The number of nitrogens with zero attached hydrogens (tertiary/aromatic N) is 1. The number of hydrogen-bond acceptors (Lipinski definition) is 4. The van der Waals surface area contributed by atoms with Gasteiger partial charge in [-0.1, -0.05) is 31.0 Å². The van der Waals surface area contributed by atoms with Crippen molar-refractivity contribution in [1.82, 2.24) is 4.98 Å². The molecule has 7 heteroatoms. The van der Waals surface area contributed by atoms with Gasteiger partial charge in [-0.2, -0.15) is 0 Å². The lowest BCUT2D eigenvalue weighted by atomic mass is 10.1. The van der Waals surface area contributed by atoms with Crippen molar-refractivity contribution in [3.8, 4) is 0 Å². The van der Waals surface area contributed by atoms with Gasteiger partial charge in [-0.05, 0) is 49.6 Å². The third-order valence-electron chi connectivity index (χ3n) is 3.49. The molecule has 0 amide bonds. The van der Waals surface area contributed by atoms with Gasteiger partial charge in [-0.15, -0.1) is 0 Å². The molecule has 0 spiro atoms. The zero-order valence-electron chi connectivity index (χ0n) is 14.1. The quantitative estimate of drug-likeness (QED) is 0.747. The Labute approximate surface area is 148 Å². The molecule has 2 N–H and O–H groups in total. The van der Waals surface area contributed by atoms with Crippen molar-refractivity contribution >= 4 is 38.8 Å². The fourth-order valence-electron chi connectivity index (χ4n) is 2.29. The van der Waals surface area contributed by atoms with Crippen LogP contribution in [0.4, 0.5) is 17.2 Å². The predicted octanol–water partition coefficient (Wildman–Crippen LogP) is 4.64. The lowest BCUT2D eigenvalue weighted by Crippen LogP contribution is -2.17. The number of aromatic nitrogens is 1. The van der Waals surface area contributed by atoms with Gasteiger partial charge < -0.3 is 5.32 Å². The van der Waals surface area contributed by atoms with Crippen LogP contribution in [0.25, 0.3) is 0 Å². The van der Waals surface area contributed by atoms with Gasteiger partial charge in [0.2, 0.25) is 10.0 Å². The van der Waals surface area contributed by atoms with Crippen LogP contribution in [0, 0.1) is 13.8 Å². The minimum atomic E-state index is -3.34. The maximum absolute atomic E-state index is 11.9. The van der Waals surface area contributed by atoms with Crippen molar-refractivity contribution < 1.29 is 8.42 Å². The highest BCUT2D eigenvalue weighted by Crippen LogP contribution is 2.30. The van der Waals surface area contributed by atoms with Gasteiger partial charge in [0.1, 0.15) is 5.82 Å². The molecule has 0 aliphatic carbocycles. The number of unbranched alkanes of at least 4 members (excludes halogenated alkanes) is 1. The molecule has 0 aliphatic rings. The van der Waals surface area contributed by atoms with E-state index in [1.807, 2.05) is 32.9 Å². The monoisotopic (exact) mass is 367 g/mol. The van der Waals surface area contributed by atoms with E-state index in [9.17, 15) is 8.42 Å². The summed E-state index contributed by atoms with van der Waals surface area (Å²) in [5, 5.41) is 3.86. The fraction of sp³-hybridized carbons (Fsp3) is 0.353. The molecule has 0 fully saturated rings. The molecule has 1 heterocycles. The van der Waals surface area contributed by atoms with Crippen LogP contribution in [0.3, 0.4) is 0 Å². The Hall–Kier alpha value is -1.79. The van der Waals surface area contributed by atoms with Crippen LogP contribution >= 0.6 is 11.6 Å². The van der Waals surface area contributed by atoms with Gasteiger partial charge >= 0.3 is 0 Å². The summed E-state index contributed by atoms with van der Waals surface area (Å²) in [4.78, 5) is 4.15. The smallest absolute Gasteiger partial charge is 0.233 e. The average Bonchev–Trinajstić information content (AvgIpc) is 2.50. The zero-order chi connectivity index (χ0) is 17.7. The molecule has 2 rings (SSSR count). The summed E-state index contributed by atoms with van der Waals surface area (Å²) in [5.41, 5.74) is 3.68. The van der Waals surface area contributed by atoms with Gasteiger partial charge in [0.05, 0.1) is 28.3 Å². The number of nitrogens with one attached hydrogen (secondary N) is 2. The van der Waals surface area contributed by atoms with E-state index >= 15 is 0 Å². The van der Waals surface area contributed by atoms with E-state index < -0.39 is 10.0 Å². The Bertz CT molecular complexity index is 782. The molecule has 1 aromatic carbocycles. The summed E-state index contributed by atoms with van der Waals surface area (Å²) in [5.74, 6) is 0.409. The molecule has 0 radical (unpaired) electrons. The second-order valence-corrected chi connectivity index (χ2v) is 8.02. The lowest BCUT2D eigenvalue weighted by Gasteiger charge is -2.13. The molecule has 130 valence electrons. The summed E-state index contributed by atoms with van der Waals surface area (Å²) in [6.07, 6.45) is 3.03. The van der Waals surface area contributed by atoms with Crippen LogP contribution in [0.15, 0.2) is 30.5 Å². The van der Waals surface area contributed by atoms with Crippen molar-refractivity contribution in [1.29, 1.82) is 0 Å². The molecular formula is C17H22ClN3O2S. The zero-order valence-corrected chi connectivity index (χ0v) is 15.6. The molecule has 0 aliphatic heterocycles. The first-order valence-electron chi connectivity index (χ1n) is 7.81. The Morgan fingerprint density at radius 2 is 1.96 bits per heavy atom. The molecule has 0 atom stereocenters. The maximum Gasteiger partial charge on any atom is 0.233 e. The number of aryl methyl sites for hydroxylation is 2. The van der Waals surface area contributed by atoms with Crippen LogP contribution in [0.5, 0.6) is 0 Å². The third-order valence-corrected chi connectivity index (χ3v) is 5.14. The van der Waals surface area contributed by atoms with Crippen molar-refractivity contribution in [2.24, 2.45) is 0 Å². The number of hydrogen-bond donors (Lipinski definition) is 2. The second kappa shape index (κ2) is 7.85. The molecule has 0 unspecified atom stereocenters. The number of sulfonamides is 1. The maximum atomic E-state index is 11.9. The summed E-state index contributed by atoms with van der Waals surface area (Å²) in [6.45, 7) is 5.92. The highest BCUT2D eigenvalue weighted by atomic mass is 35.5. The number of rotatable bonds is 7. The van der Waals surface area contributed by atoms with E-state index in [1.165, 1.54) is 0 Å². The number of halogens is 1. The molecule has 1 aromatic heterocycles. The molecule has 5 nitrogen and oxygen atoms in total. The third kappa shape index (κ3) is 5.11. The van der Waals surface area contributed by atoms with Gasteiger partial charge in [0.15, 0.2) is 0 Å². The molecule has 2 aromatic rings. The Kier molecular flexibility index (Phi) is 6.07. The van der Waals surface area contributed by atoms with E-state index in [-0.39, 0.29) is 5.75 Å². The fourth-order valence-corrected chi connectivity index (χ4v) is 3.87. The van der Waals surface area contributed by atoms with E-state index in [4.69, 9.17) is 11.6 Å². The van der Waals surface area contributed by atoms with Crippen molar-refractivity contribution in [2.75, 3.05) is 15.8 Å². The second-order valence-electron chi connectivity index (χ2n) is 5.77. The summed E-state index contributed by atoms with van der Waals surface area (Å²) in [6, 6.07) is 7.32. The standard InChI is InChI=1S/C17H22ClN3O2S/c1-4-5-8-24(22,23)21-16-7-6-14(11-19-16)20-17-13(3)9-12(2)10-15(17)18/h6-7,9-11,20H,4-5,8H2,1-3H3,(H,19,21). The number of anilines is 3. The van der Waals surface area contributed by atoms with E-state index in [0.717, 1.165) is 28.9 Å². The Balaban J connectivity index is 2.10. The minimum Gasteiger partial charge on any atom is -0.353 e. The topological polar surface area (TPSA) is 71.1 Å². The lowest BCUT2D eigenvalue weighted by molar-refractivity contribution is 0.597. The van der Waals surface area contributed by atoms with Crippen LogP contribution in [0.2, 0.25) is 5.02 Å².